The number of thiol groups is 1. The molecule has 24 heavy (non-hydrogen) atoms. The Morgan fingerprint density at radius 1 is 1.29 bits per heavy atom. The Morgan fingerprint density at radius 3 is 2.50 bits per heavy atom. The summed E-state index contributed by atoms with van der Waals surface area (Å²) in [5.41, 5.74) is 1.08. The molecule has 128 valence electrons. The summed E-state index contributed by atoms with van der Waals surface area (Å²) in [6.45, 7) is 5.04. The van der Waals surface area contributed by atoms with E-state index in [0.717, 1.165) is 4.70 Å². The lowest BCUT2D eigenvalue weighted by Crippen LogP contribution is -2.30. The summed E-state index contributed by atoms with van der Waals surface area (Å²) in [4.78, 5) is 41.0. The van der Waals surface area contributed by atoms with Crippen LogP contribution < -0.4 is 0 Å². The van der Waals surface area contributed by atoms with Crippen LogP contribution in [0.5, 0.6) is 0 Å². The van der Waals surface area contributed by atoms with Crippen molar-refractivity contribution in [1.82, 2.24) is 9.88 Å². The molecule has 8 heteroatoms. The minimum Gasteiger partial charge on any atom is -0.481 e. The van der Waals surface area contributed by atoms with Crippen molar-refractivity contribution in [3.63, 3.8) is 0 Å². The van der Waals surface area contributed by atoms with Gasteiger partial charge in [-0.2, -0.15) is 0 Å². The molecule has 1 heterocycles. The van der Waals surface area contributed by atoms with Gasteiger partial charge in [-0.25, -0.2) is 4.98 Å². The van der Waals surface area contributed by atoms with E-state index >= 15 is 0 Å². The van der Waals surface area contributed by atoms with Crippen molar-refractivity contribution in [3.8, 4) is 0 Å². The molecule has 0 saturated carbocycles. The maximum Gasteiger partial charge on any atom is 0.313 e. The Bertz CT molecular complexity index is 783. The van der Waals surface area contributed by atoms with Crippen LogP contribution >= 0.6 is 24.0 Å². The van der Waals surface area contributed by atoms with Gasteiger partial charge in [-0.1, -0.05) is 0 Å². The molecule has 1 aromatic heterocycles. The molecule has 0 aliphatic carbocycles. The van der Waals surface area contributed by atoms with Gasteiger partial charge in [-0.05, 0) is 32.0 Å². The van der Waals surface area contributed by atoms with Gasteiger partial charge in [0.2, 0.25) is 0 Å². The van der Waals surface area contributed by atoms with Crippen molar-refractivity contribution in [2.75, 3.05) is 13.1 Å². The summed E-state index contributed by atoms with van der Waals surface area (Å²) < 4.78 is 0.777. The van der Waals surface area contributed by atoms with Crippen LogP contribution in [0.2, 0.25) is 0 Å². The summed E-state index contributed by atoms with van der Waals surface area (Å²) in [5.74, 6) is -2.22. The quantitative estimate of drug-likeness (QED) is 0.736. The SMILES string of the molecule is CCN(CC)C(=O)c1ccc2sc(C(CC(=O)S)C(=O)O)nc2c1. The van der Waals surface area contributed by atoms with Crippen LogP contribution in [0.3, 0.4) is 0 Å². The fourth-order valence-corrected chi connectivity index (χ4v) is 3.60. The number of fused-ring (bicyclic) bond motifs is 1. The number of carbonyl (C=O) groups excluding carboxylic acids is 2. The third-order valence-electron chi connectivity index (χ3n) is 3.68. The van der Waals surface area contributed by atoms with Gasteiger partial charge in [-0.15, -0.1) is 24.0 Å². The van der Waals surface area contributed by atoms with Crippen LogP contribution in [0.25, 0.3) is 10.2 Å². The molecule has 6 nitrogen and oxygen atoms in total. The van der Waals surface area contributed by atoms with Gasteiger partial charge in [0.25, 0.3) is 5.91 Å². The van der Waals surface area contributed by atoms with Crippen LogP contribution in [-0.4, -0.2) is 45.1 Å². The van der Waals surface area contributed by atoms with Gasteiger partial charge in [0.15, 0.2) is 5.12 Å². The zero-order chi connectivity index (χ0) is 17.9. The van der Waals surface area contributed by atoms with E-state index in [1.54, 1.807) is 23.1 Å². The first-order chi connectivity index (χ1) is 11.4. The molecule has 1 N–H and O–H groups in total. The normalized spacial score (nSPS) is 12.1. The molecule has 0 fully saturated rings. The predicted molar refractivity (Wildman–Crippen MR) is 95.9 cm³/mol. The monoisotopic (exact) mass is 366 g/mol. The van der Waals surface area contributed by atoms with E-state index in [0.29, 0.717) is 29.2 Å². The highest BCUT2D eigenvalue weighted by molar-refractivity contribution is 7.96. The molecule has 0 bridgehead atoms. The minimum atomic E-state index is -1.11. The van der Waals surface area contributed by atoms with E-state index in [1.807, 2.05) is 13.8 Å². The van der Waals surface area contributed by atoms with E-state index in [2.05, 4.69) is 17.6 Å². The third-order valence-corrected chi connectivity index (χ3v) is 5.01. The highest BCUT2D eigenvalue weighted by Gasteiger charge is 2.26. The second-order valence-electron chi connectivity index (χ2n) is 5.20. The number of rotatable bonds is 7. The van der Waals surface area contributed by atoms with Crippen molar-refractivity contribution in [1.29, 1.82) is 0 Å². The summed E-state index contributed by atoms with van der Waals surface area (Å²) in [7, 11) is 0. The highest BCUT2D eigenvalue weighted by Crippen LogP contribution is 2.31. The van der Waals surface area contributed by atoms with Crippen LogP contribution in [-0.2, 0) is 9.59 Å². The van der Waals surface area contributed by atoms with E-state index in [1.165, 1.54) is 11.3 Å². The van der Waals surface area contributed by atoms with Crippen molar-refractivity contribution >= 4 is 51.2 Å². The largest absolute Gasteiger partial charge is 0.481 e. The number of benzene rings is 1. The molecular weight excluding hydrogens is 348 g/mol. The second kappa shape index (κ2) is 7.76. The molecule has 0 aliphatic rings. The number of aliphatic carboxylic acids is 1. The summed E-state index contributed by atoms with van der Waals surface area (Å²) >= 11 is 4.87. The molecule has 1 amide bonds. The molecule has 1 aromatic carbocycles. The molecule has 0 saturated heterocycles. The number of carboxylic acid groups (broad SMARTS) is 1. The Balaban J connectivity index is 2.39. The molecule has 1 atom stereocenters. The minimum absolute atomic E-state index is 0.0863. The Hall–Kier alpha value is -1.93. The Kier molecular flexibility index (Phi) is 5.95. The second-order valence-corrected chi connectivity index (χ2v) is 6.76. The zero-order valence-corrected chi connectivity index (χ0v) is 15.1. The third kappa shape index (κ3) is 3.93. The predicted octanol–water partition coefficient (Wildman–Crippen LogP) is 2.79. The number of amides is 1. The topological polar surface area (TPSA) is 87.6 Å². The summed E-state index contributed by atoms with van der Waals surface area (Å²) in [5, 5.41) is 9.14. The maximum absolute atomic E-state index is 12.4. The number of carbonyl (C=O) groups is 3. The average molecular weight is 366 g/mol. The molecule has 2 aromatic rings. The van der Waals surface area contributed by atoms with Gasteiger partial charge in [0.1, 0.15) is 10.9 Å². The van der Waals surface area contributed by atoms with Crippen molar-refractivity contribution in [2.45, 2.75) is 26.2 Å². The Morgan fingerprint density at radius 2 is 1.96 bits per heavy atom. The van der Waals surface area contributed by atoms with Crippen molar-refractivity contribution in [3.05, 3.63) is 28.8 Å². The standard InChI is InChI=1S/C16H18N2O4S2/c1-3-18(4-2)15(20)9-5-6-12-11(7-9)17-14(24-12)10(16(21)22)8-13(19)23/h5-7,10H,3-4,8H2,1-2H3,(H,19,23)(H,21,22). The van der Waals surface area contributed by atoms with E-state index < -0.39 is 17.0 Å². The van der Waals surface area contributed by atoms with E-state index in [4.69, 9.17) is 0 Å². The number of thiazole rings is 1. The number of nitrogens with zero attached hydrogens (tertiary/aromatic N) is 2. The van der Waals surface area contributed by atoms with Crippen LogP contribution in [0, 0.1) is 0 Å². The van der Waals surface area contributed by atoms with E-state index in [-0.39, 0.29) is 12.3 Å². The fourth-order valence-electron chi connectivity index (χ4n) is 2.38. The summed E-state index contributed by atoms with van der Waals surface area (Å²) in [6, 6.07) is 5.14. The first-order valence-electron chi connectivity index (χ1n) is 7.51. The first kappa shape index (κ1) is 18.4. The fraction of sp³-hybridized carbons (Fsp3) is 0.375. The van der Waals surface area contributed by atoms with Gasteiger partial charge in [0, 0.05) is 25.1 Å². The lowest BCUT2D eigenvalue weighted by atomic mass is 10.1. The number of hydrogen-bond donors (Lipinski definition) is 2. The maximum atomic E-state index is 12.4. The van der Waals surface area contributed by atoms with Gasteiger partial charge >= 0.3 is 5.97 Å². The van der Waals surface area contributed by atoms with Crippen molar-refractivity contribution < 1.29 is 19.5 Å². The average Bonchev–Trinajstić information content (AvgIpc) is 2.95. The molecular formula is C16H18N2O4S2. The molecule has 0 spiro atoms. The molecule has 1 unspecified atom stereocenters. The number of aromatic nitrogens is 1. The molecule has 2 rings (SSSR count). The van der Waals surface area contributed by atoms with Crippen LogP contribution in [0.15, 0.2) is 18.2 Å². The van der Waals surface area contributed by atoms with Crippen LogP contribution in [0.1, 0.15) is 41.6 Å². The molecule has 0 radical (unpaired) electrons. The number of carboxylic acids is 1. The summed E-state index contributed by atoms with van der Waals surface area (Å²) in [6.07, 6.45) is -0.219. The Labute approximate surface area is 148 Å². The zero-order valence-electron chi connectivity index (χ0n) is 13.4. The highest BCUT2D eigenvalue weighted by atomic mass is 32.1. The van der Waals surface area contributed by atoms with Gasteiger partial charge in [0.05, 0.1) is 10.2 Å². The van der Waals surface area contributed by atoms with Gasteiger partial charge < -0.3 is 10.0 Å². The lowest BCUT2D eigenvalue weighted by molar-refractivity contribution is -0.139. The van der Waals surface area contributed by atoms with Gasteiger partial charge in [-0.3, -0.25) is 14.4 Å². The van der Waals surface area contributed by atoms with E-state index in [9.17, 15) is 19.5 Å². The number of hydrogen-bond acceptors (Lipinski definition) is 5. The lowest BCUT2D eigenvalue weighted by Gasteiger charge is -2.18. The molecule has 0 aliphatic heterocycles. The first-order valence-corrected chi connectivity index (χ1v) is 8.78. The van der Waals surface area contributed by atoms with Crippen molar-refractivity contribution in [2.24, 2.45) is 0 Å². The van der Waals surface area contributed by atoms with Crippen LogP contribution in [0.4, 0.5) is 0 Å². The smallest absolute Gasteiger partial charge is 0.313 e.